The van der Waals surface area contributed by atoms with Crippen molar-refractivity contribution < 1.29 is 4.74 Å². The smallest absolute Gasteiger partial charge is 0.225 e. The number of ether oxygens (including phenoxy) is 1. The summed E-state index contributed by atoms with van der Waals surface area (Å²) in [5.74, 6) is -0.619. The average molecular weight is 252 g/mol. The fourth-order valence-corrected chi connectivity index (χ4v) is 0.971. The molecular weight excluding hydrogens is 244 g/mol. The molecule has 1 rings (SSSR count). The molecule has 0 amide bonds. The van der Waals surface area contributed by atoms with Gasteiger partial charge >= 0.3 is 0 Å². The Balaban J connectivity index is 2.46. The molecule has 0 unspecified atom stereocenters. The molecule has 2 nitrogen and oxygen atoms in total. The van der Waals surface area contributed by atoms with Gasteiger partial charge < -0.3 is 10.1 Å². The minimum atomic E-state index is -1.89. The molecule has 0 heterocycles. The summed E-state index contributed by atoms with van der Waals surface area (Å²) in [7, 11) is 0. The lowest BCUT2D eigenvalue weighted by atomic mass is 10.2. The van der Waals surface area contributed by atoms with Crippen LogP contribution in [-0.4, -0.2) is 9.69 Å². The summed E-state index contributed by atoms with van der Waals surface area (Å²) in [6, 6.07) is 9.26. The number of nitrogens with zero attached hydrogens (tertiary/aromatic N) is 1. The molecule has 0 bridgehead atoms. The molecule has 0 aromatic heterocycles. The van der Waals surface area contributed by atoms with Gasteiger partial charge in [0.1, 0.15) is 6.61 Å². The highest BCUT2D eigenvalue weighted by Gasteiger charge is 2.21. The Hall–Kier alpha value is -0.440. The average Bonchev–Trinajstić information content (AvgIpc) is 2.14. The van der Waals surface area contributed by atoms with Gasteiger partial charge in [-0.2, -0.15) is 0 Å². The van der Waals surface area contributed by atoms with Gasteiger partial charge in [0.2, 0.25) is 3.79 Å². The van der Waals surface area contributed by atoms with Crippen molar-refractivity contribution in [2.75, 3.05) is 0 Å². The van der Waals surface area contributed by atoms with Crippen LogP contribution in [0.25, 0.3) is 5.41 Å². The first kappa shape index (κ1) is 11.6. The zero-order valence-electron chi connectivity index (χ0n) is 7.08. The molecule has 76 valence electrons. The van der Waals surface area contributed by atoms with Crippen LogP contribution in [0.3, 0.4) is 0 Å². The third-order valence-electron chi connectivity index (χ3n) is 1.46. The molecule has 14 heavy (non-hydrogen) atoms. The lowest BCUT2D eigenvalue weighted by Crippen LogP contribution is -2.20. The maximum absolute atomic E-state index is 9.15. The van der Waals surface area contributed by atoms with Crippen LogP contribution < -0.4 is 0 Å². The fraction of sp³-hybridized carbons (Fsp3) is 0.222. The van der Waals surface area contributed by atoms with Crippen LogP contribution in [0.4, 0.5) is 0 Å². The summed E-state index contributed by atoms with van der Waals surface area (Å²) in [4.78, 5) is 0. The van der Waals surface area contributed by atoms with E-state index in [-0.39, 0.29) is 6.61 Å². The molecule has 1 aromatic carbocycles. The maximum atomic E-state index is 9.15. The standard InChI is InChI=1S/C9H7Cl3NO/c10-9(11,12)8(13)14-6-7-4-2-1-3-5-7/h1-5H,6H2/q-1. The lowest BCUT2D eigenvalue weighted by molar-refractivity contribution is 0.291. The second kappa shape index (κ2) is 4.87. The SMILES string of the molecule is [N-]=C(OCc1ccccc1)C(Cl)(Cl)Cl. The van der Waals surface area contributed by atoms with Gasteiger partial charge in [-0.05, 0) is 5.56 Å². The molecule has 0 saturated carbocycles. The quantitative estimate of drug-likeness (QED) is 0.449. The van der Waals surface area contributed by atoms with E-state index in [0.717, 1.165) is 5.56 Å². The second-order valence-corrected chi connectivity index (χ2v) is 4.86. The Labute approximate surface area is 97.2 Å². The predicted molar refractivity (Wildman–Crippen MR) is 59.9 cm³/mol. The van der Waals surface area contributed by atoms with E-state index >= 15 is 0 Å². The first-order valence-electron chi connectivity index (χ1n) is 3.80. The summed E-state index contributed by atoms with van der Waals surface area (Å²) in [6.07, 6.45) is 0. The van der Waals surface area contributed by atoms with E-state index in [4.69, 9.17) is 44.9 Å². The van der Waals surface area contributed by atoms with Crippen LogP contribution in [0.2, 0.25) is 0 Å². The van der Waals surface area contributed by atoms with Crippen LogP contribution >= 0.6 is 34.8 Å². The van der Waals surface area contributed by atoms with Gasteiger partial charge in [0, 0.05) is 5.90 Å². The summed E-state index contributed by atoms with van der Waals surface area (Å²) >= 11 is 16.1. The van der Waals surface area contributed by atoms with Gasteiger partial charge in [0.05, 0.1) is 0 Å². The number of rotatable bonds is 2. The fourth-order valence-electron chi connectivity index (χ4n) is 0.808. The maximum Gasteiger partial charge on any atom is 0.225 e. The van der Waals surface area contributed by atoms with Crippen molar-refractivity contribution in [3.63, 3.8) is 0 Å². The van der Waals surface area contributed by atoms with Gasteiger partial charge in [0.25, 0.3) is 0 Å². The van der Waals surface area contributed by atoms with E-state index < -0.39 is 9.69 Å². The van der Waals surface area contributed by atoms with Gasteiger partial charge in [-0.15, -0.1) is 0 Å². The van der Waals surface area contributed by atoms with Crippen LogP contribution in [0.5, 0.6) is 0 Å². The molecule has 0 saturated heterocycles. The van der Waals surface area contributed by atoms with E-state index in [1.807, 2.05) is 30.3 Å². The first-order valence-corrected chi connectivity index (χ1v) is 4.93. The largest absolute Gasteiger partial charge is 0.772 e. The molecular formula is C9H7Cl3NO-. The van der Waals surface area contributed by atoms with Crippen molar-refractivity contribution in [1.82, 2.24) is 0 Å². The minimum Gasteiger partial charge on any atom is -0.772 e. The van der Waals surface area contributed by atoms with E-state index in [1.165, 1.54) is 0 Å². The molecule has 0 atom stereocenters. The third-order valence-corrected chi connectivity index (χ3v) is 1.95. The van der Waals surface area contributed by atoms with E-state index in [0.29, 0.717) is 0 Å². The van der Waals surface area contributed by atoms with Crippen LogP contribution in [0.1, 0.15) is 5.56 Å². The molecule has 5 heteroatoms. The van der Waals surface area contributed by atoms with Crippen molar-refractivity contribution in [2.45, 2.75) is 10.4 Å². The van der Waals surface area contributed by atoms with E-state index in [2.05, 4.69) is 0 Å². The second-order valence-electron chi connectivity index (χ2n) is 2.58. The van der Waals surface area contributed by atoms with Crippen molar-refractivity contribution in [3.8, 4) is 0 Å². The zero-order chi connectivity index (χ0) is 10.6. The molecule has 0 aliphatic carbocycles. The summed E-state index contributed by atoms with van der Waals surface area (Å²) in [6.45, 7) is 0.167. The van der Waals surface area contributed by atoms with Gasteiger partial charge in [-0.3, -0.25) is 0 Å². The summed E-state index contributed by atoms with van der Waals surface area (Å²) in [5, 5.41) is 9.15. The van der Waals surface area contributed by atoms with Crippen molar-refractivity contribution in [2.24, 2.45) is 0 Å². The Morgan fingerprint density at radius 2 is 1.79 bits per heavy atom. The Morgan fingerprint density at radius 3 is 2.29 bits per heavy atom. The topological polar surface area (TPSA) is 31.5 Å². The predicted octanol–water partition coefficient (Wildman–Crippen LogP) is 3.54. The number of benzene rings is 1. The van der Waals surface area contributed by atoms with E-state index in [1.54, 1.807) is 0 Å². The number of hydrogen-bond donors (Lipinski definition) is 0. The monoisotopic (exact) mass is 250 g/mol. The Kier molecular flexibility index (Phi) is 4.05. The molecule has 0 fully saturated rings. The molecule has 1 aromatic rings. The highest BCUT2D eigenvalue weighted by Crippen LogP contribution is 2.28. The van der Waals surface area contributed by atoms with Crippen LogP contribution in [-0.2, 0) is 11.3 Å². The minimum absolute atomic E-state index is 0.167. The molecule has 0 spiro atoms. The third kappa shape index (κ3) is 3.74. The highest BCUT2D eigenvalue weighted by atomic mass is 35.6. The molecule has 0 aliphatic rings. The normalized spacial score (nSPS) is 11.1. The number of hydrogen-bond acceptors (Lipinski definition) is 1. The highest BCUT2D eigenvalue weighted by molar-refractivity contribution is 6.76. The van der Waals surface area contributed by atoms with Crippen molar-refractivity contribution in [3.05, 3.63) is 41.3 Å². The van der Waals surface area contributed by atoms with Crippen LogP contribution in [0, 0.1) is 0 Å². The molecule has 0 radical (unpaired) electrons. The van der Waals surface area contributed by atoms with Gasteiger partial charge in [-0.25, -0.2) is 0 Å². The first-order chi connectivity index (χ1) is 6.50. The van der Waals surface area contributed by atoms with Crippen molar-refractivity contribution in [1.29, 1.82) is 0 Å². The van der Waals surface area contributed by atoms with Crippen molar-refractivity contribution >= 4 is 40.7 Å². The Bertz CT molecular complexity index is 308. The zero-order valence-corrected chi connectivity index (χ0v) is 9.35. The number of alkyl halides is 3. The lowest BCUT2D eigenvalue weighted by Gasteiger charge is -2.21. The Morgan fingerprint density at radius 1 is 1.21 bits per heavy atom. The van der Waals surface area contributed by atoms with E-state index in [9.17, 15) is 0 Å². The molecule has 0 aliphatic heterocycles. The molecule has 0 N–H and O–H groups in total. The summed E-state index contributed by atoms with van der Waals surface area (Å²) in [5.41, 5.74) is 0.883. The summed E-state index contributed by atoms with van der Waals surface area (Å²) < 4.78 is 2.97. The van der Waals surface area contributed by atoms with Crippen LogP contribution in [0.15, 0.2) is 30.3 Å². The van der Waals surface area contributed by atoms with Gasteiger partial charge in [-0.1, -0.05) is 65.1 Å². The number of halogens is 3. The van der Waals surface area contributed by atoms with Gasteiger partial charge in [0.15, 0.2) is 0 Å².